The Bertz CT molecular complexity index is 445. The van der Waals surface area contributed by atoms with Gasteiger partial charge in [-0.1, -0.05) is 29.8 Å². The zero-order valence-corrected chi connectivity index (χ0v) is 11.8. The molecule has 0 aliphatic carbocycles. The summed E-state index contributed by atoms with van der Waals surface area (Å²) < 4.78 is 5.47. The summed E-state index contributed by atoms with van der Waals surface area (Å²) in [5, 5.41) is 6.82. The predicted octanol–water partition coefficient (Wildman–Crippen LogP) is 1.72. The van der Waals surface area contributed by atoms with Crippen LogP contribution in [0.4, 0.5) is 0 Å². The van der Waals surface area contributed by atoms with Crippen LogP contribution in [-0.4, -0.2) is 31.7 Å². The van der Waals surface area contributed by atoms with E-state index in [-0.39, 0.29) is 5.91 Å². The number of hydrogen-bond acceptors (Lipinski definition) is 3. The molecule has 1 amide bonds. The second kappa shape index (κ2) is 6.37. The van der Waals surface area contributed by atoms with E-state index >= 15 is 0 Å². The summed E-state index contributed by atoms with van der Waals surface area (Å²) in [5.74, 6) is -0.0589. The van der Waals surface area contributed by atoms with Gasteiger partial charge in [-0.15, -0.1) is 0 Å². The summed E-state index contributed by atoms with van der Waals surface area (Å²) in [6.07, 6.45) is 1.38. The van der Waals surface area contributed by atoms with Crippen LogP contribution in [0.5, 0.6) is 0 Å². The molecule has 1 aliphatic heterocycles. The molecule has 0 spiro atoms. The van der Waals surface area contributed by atoms with Crippen molar-refractivity contribution in [1.29, 1.82) is 0 Å². The average Bonchev–Trinajstić information content (AvgIpc) is 2.46. The minimum atomic E-state index is -0.702. The molecular weight excluding hydrogens is 264 g/mol. The number of piperidine rings is 1. The number of methoxy groups -OCH3 is 1. The number of rotatable bonds is 4. The molecule has 0 aromatic heterocycles. The number of nitrogens with one attached hydrogen (secondary N) is 2. The second-order valence-electron chi connectivity index (χ2n) is 4.72. The first-order chi connectivity index (χ1) is 9.18. The molecule has 0 radical (unpaired) electrons. The highest BCUT2D eigenvalue weighted by molar-refractivity contribution is 6.31. The third-order valence-corrected chi connectivity index (χ3v) is 3.98. The maximum Gasteiger partial charge on any atom is 0.252 e. The molecule has 0 unspecified atom stereocenters. The third-order valence-electron chi connectivity index (χ3n) is 3.61. The van der Waals surface area contributed by atoms with Crippen molar-refractivity contribution in [2.45, 2.75) is 25.0 Å². The highest BCUT2D eigenvalue weighted by Crippen LogP contribution is 2.23. The number of benzene rings is 1. The van der Waals surface area contributed by atoms with Crippen molar-refractivity contribution >= 4 is 17.5 Å². The molecule has 0 atom stereocenters. The number of amides is 1. The average molecular weight is 283 g/mol. The predicted molar refractivity (Wildman–Crippen MR) is 75.1 cm³/mol. The van der Waals surface area contributed by atoms with E-state index in [4.69, 9.17) is 16.3 Å². The SMILES string of the molecule is COC1(C(=O)NCc2ccccc2Cl)CCNCC1. The first-order valence-electron chi connectivity index (χ1n) is 6.45. The Hall–Kier alpha value is -1.10. The van der Waals surface area contributed by atoms with Crippen LogP contribution < -0.4 is 10.6 Å². The molecule has 0 bridgehead atoms. The summed E-state index contributed by atoms with van der Waals surface area (Å²) in [4.78, 5) is 12.3. The summed E-state index contributed by atoms with van der Waals surface area (Å²) in [6.45, 7) is 2.03. The zero-order chi connectivity index (χ0) is 13.7. The first kappa shape index (κ1) is 14.3. The molecule has 1 saturated heterocycles. The molecule has 4 nitrogen and oxygen atoms in total. The lowest BCUT2D eigenvalue weighted by molar-refractivity contribution is -0.146. The smallest absolute Gasteiger partial charge is 0.252 e. The summed E-state index contributed by atoms with van der Waals surface area (Å²) in [5.41, 5.74) is 0.213. The Morgan fingerprint density at radius 2 is 2.11 bits per heavy atom. The molecule has 2 rings (SSSR count). The zero-order valence-electron chi connectivity index (χ0n) is 11.0. The molecule has 1 heterocycles. The van der Waals surface area contributed by atoms with Crippen molar-refractivity contribution in [2.24, 2.45) is 0 Å². The number of ether oxygens (including phenoxy) is 1. The van der Waals surface area contributed by atoms with Gasteiger partial charge in [0, 0.05) is 18.7 Å². The largest absolute Gasteiger partial charge is 0.368 e. The topological polar surface area (TPSA) is 50.4 Å². The fraction of sp³-hybridized carbons (Fsp3) is 0.500. The van der Waals surface area contributed by atoms with Crippen LogP contribution >= 0.6 is 11.6 Å². The number of halogens is 1. The highest BCUT2D eigenvalue weighted by Gasteiger charge is 2.39. The Morgan fingerprint density at radius 1 is 1.42 bits per heavy atom. The fourth-order valence-electron chi connectivity index (χ4n) is 2.33. The van der Waals surface area contributed by atoms with Crippen molar-refractivity contribution in [1.82, 2.24) is 10.6 Å². The van der Waals surface area contributed by atoms with Crippen molar-refractivity contribution in [2.75, 3.05) is 20.2 Å². The molecule has 19 heavy (non-hydrogen) atoms. The van der Waals surface area contributed by atoms with E-state index in [1.807, 2.05) is 24.3 Å². The Morgan fingerprint density at radius 3 is 2.74 bits per heavy atom. The van der Waals surface area contributed by atoms with E-state index in [1.165, 1.54) is 0 Å². The molecule has 1 aliphatic rings. The summed E-state index contributed by atoms with van der Waals surface area (Å²) in [7, 11) is 1.60. The van der Waals surface area contributed by atoms with E-state index in [2.05, 4.69) is 10.6 Å². The van der Waals surface area contributed by atoms with Gasteiger partial charge in [-0.05, 0) is 37.6 Å². The van der Waals surface area contributed by atoms with Crippen molar-refractivity contribution < 1.29 is 9.53 Å². The van der Waals surface area contributed by atoms with E-state index in [0.29, 0.717) is 24.4 Å². The van der Waals surface area contributed by atoms with Crippen LogP contribution in [0.15, 0.2) is 24.3 Å². The molecule has 104 valence electrons. The maximum atomic E-state index is 12.3. The van der Waals surface area contributed by atoms with Crippen LogP contribution in [0.1, 0.15) is 18.4 Å². The van der Waals surface area contributed by atoms with Crippen molar-refractivity contribution in [3.05, 3.63) is 34.9 Å². The lowest BCUT2D eigenvalue weighted by Gasteiger charge is -2.34. The van der Waals surface area contributed by atoms with E-state index in [9.17, 15) is 4.79 Å². The fourth-order valence-corrected chi connectivity index (χ4v) is 2.54. The van der Waals surface area contributed by atoms with Gasteiger partial charge in [0.25, 0.3) is 5.91 Å². The molecule has 1 aromatic carbocycles. The normalized spacial score (nSPS) is 18.0. The van der Waals surface area contributed by atoms with E-state index < -0.39 is 5.60 Å². The van der Waals surface area contributed by atoms with Gasteiger partial charge in [0.1, 0.15) is 5.60 Å². The monoisotopic (exact) mass is 282 g/mol. The van der Waals surface area contributed by atoms with Gasteiger partial charge in [-0.25, -0.2) is 0 Å². The molecule has 0 saturated carbocycles. The van der Waals surface area contributed by atoms with Crippen molar-refractivity contribution in [3.8, 4) is 0 Å². The van der Waals surface area contributed by atoms with Gasteiger partial charge < -0.3 is 15.4 Å². The second-order valence-corrected chi connectivity index (χ2v) is 5.13. The molecular formula is C14H19ClN2O2. The van der Waals surface area contributed by atoms with Gasteiger partial charge in [0.05, 0.1) is 0 Å². The van der Waals surface area contributed by atoms with Gasteiger partial charge in [-0.3, -0.25) is 4.79 Å². The van der Waals surface area contributed by atoms with Crippen LogP contribution in [0.2, 0.25) is 5.02 Å². The van der Waals surface area contributed by atoms with Gasteiger partial charge in [0.15, 0.2) is 0 Å². The van der Waals surface area contributed by atoms with Crippen LogP contribution in [0, 0.1) is 0 Å². The Balaban J connectivity index is 1.98. The minimum absolute atomic E-state index is 0.0589. The maximum absolute atomic E-state index is 12.3. The van der Waals surface area contributed by atoms with E-state index in [0.717, 1.165) is 18.7 Å². The molecule has 1 fully saturated rings. The van der Waals surface area contributed by atoms with Crippen LogP contribution in [-0.2, 0) is 16.1 Å². The number of carbonyl (C=O) groups is 1. The lowest BCUT2D eigenvalue weighted by Crippen LogP contribution is -2.53. The standard InChI is InChI=1S/C14H19ClN2O2/c1-19-14(6-8-16-9-7-14)13(18)17-10-11-4-2-3-5-12(11)15/h2-5,16H,6-10H2,1H3,(H,17,18). The quantitative estimate of drug-likeness (QED) is 0.884. The third kappa shape index (κ3) is 3.26. The Labute approximate surface area is 118 Å². The Kier molecular flexibility index (Phi) is 4.80. The molecule has 2 N–H and O–H groups in total. The van der Waals surface area contributed by atoms with Crippen LogP contribution in [0.25, 0.3) is 0 Å². The summed E-state index contributed by atoms with van der Waals surface area (Å²) >= 11 is 6.07. The number of carbonyl (C=O) groups excluding carboxylic acids is 1. The minimum Gasteiger partial charge on any atom is -0.368 e. The lowest BCUT2D eigenvalue weighted by atomic mass is 9.91. The van der Waals surface area contributed by atoms with Crippen LogP contribution in [0.3, 0.4) is 0 Å². The summed E-state index contributed by atoms with van der Waals surface area (Å²) in [6, 6.07) is 7.51. The number of hydrogen-bond donors (Lipinski definition) is 2. The van der Waals surface area contributed by atoms with Gasteiger partial charge >= 0.3 is 0 Å². The van der Waals surface area contributed by atoms with Gasteiger partial charge in [0.2, 0.25) is 0 Å². The van der Waals surface area contributed by atoms with Gasteiger partial charge in [-0.2, -0.15) is 0 Å². The van der Waals surface area contributed by atoms with E-state index in [1.54, 1.807) is 7.11 Å². The first-order valence-corrected chi connectivity index (χ1v) is 6.83. The van der Waals surface area contributed by atoms with Crippen molar-refractivity contribution in [3.63, 3.8) is 0 Å². The molecule has 1 aromatic rings. The highest BCUT2D eigenvalue weighted by atomic mass is 35.5. The molecule has 5 heteroatoms.